The molecule has 0 aromatic carbocycles. The highest BCUT2D eigenvalue weighted by Crippen LogP contribution is 2.16. The number of ether oxygens (including phenoxy) is 1. The monoisotopic (exact) mass is 258 g/mol. The van der Waals surface area contributed by atoms with Crippen molar-refractivity contribution in [2.75, 3.05) is 13.2 Å². The van der Waals surface area contributed by atoms with Crippen LogP contribution in [0.1, 0.15) is 72.6 Å². The largest absolute Gasteiger partial charge is 0.396 e. The zero-order valence-electron chi connectivity index (χ0n) is 13.0. The van der Waals surface area contributed by atoms with Gasteiger partial charge in [0.2, 0.25) is 0 Å². The molecule has 0 saturated carbocycles. The third-order valence-electron chi connectivity index (χ3n) is 3.22. The summed E-state index contributed by atoms with van der Waals surface area (Å²) >= 11 is 0. The normalized spacial score (nSPS) is 13.5. The predicted molar refractivity (Wildman–Crippen MR) is 78.8 cm³/mol. The van der Waals surface area contributed by atoms with Crippen molar-refractivity contribution in [3.05, 3.63) is 0 Å². The quantitative estimate of drug-likeness (QED) is 0.526. The molecule has 0 bridgehead atoms. The van der Waals surface area contributed by atoms with E-state index in [4.69, 9.17) is 9.84 Å². The van der Waals surface area contributed by atoms with Crippen LogP contribution in [0.25, 0.3) is 0 Å². The molecule has 0 rings (SSSR count). The molecule has 1 atom stereocenters. The lowest BCUT2D eigenvalue weighted by atomic mass is 10.0. The molecule has 0 radical (unpaired) electrons. The van der Waals surface area contributed by atoms with E-state index in [0.29, 0.717) is 18.6 Å². The number of unbranched alkanes of at least 4 members (excludes halogenated alkanes) is 3. The van der Waals surface area contributed by atoms with E-state index in [1.807, 2.05) is 0 Å². The van der Waals surface area contributed by atoms with Crippen molar-refractivity contribution in [2.45, 2.75) is 78.7 Å². The summed E-state index contributed by atoms with van der Waals surface area (Å²) in [4.78, 5) is 0. The van der Waals surface area contributed by atoms with Gasteiger partial charge in [-0.25, -0.2) is 0 Å². The maximum absolute atomic E-state index is 8.74. The third-order valence-corrected chi connectivity index (χ3v) is 3.22. The average molecular weight is 258 g/mol. The molecule has 0 aliphatic rings. The molecule has 0 aliphatic carbocycles. The molecule has 1 unspecified atom stereocenters. The minimum Gasteiger partial charge on any atom is -0.396 e. The van der Waals surface area contributed by atoms with Crippen LogP contribution >= 0.6 is 0 Å². The number of rotatable bonds is 12. The first-order valence-corrected chi connectivity index (χ1v) is 7.78. The SMILES string of the molecule is CC(C)CCOC(CCCCCCO)CC(C)C. The number of aliphatic hydroxyl groups excluding tert-OH is 1. The molecule has 0 aliphatic heterocycles. The molecule has 0 aromatic rings. The smallest absolute Gasteiger partial charge is 0.0577 e. The third kappa shape index (κ3) is 12.4. The fourth-order valence-electron chi connectivity index (χ4n) is 2.10. The van der Waals surface area contributed by atoms with Crippen molar-refractivity contribution in [2.24, 2.45) is 11.8 Å². The Bertz CT molecular complexity index is 166. The van der Waals surface area contributed by atoms with Gasteiger partial charge in [0.05, 0.1) is 6.10 Å². The molecule has 0 saturated heterocycles. The summed E-state index contributed by atoms with van der Waals surface area (Å²) in [6, 6.07) is 0. The van der Waals surface area contributed by atoms with E-state index in [9.17, 15) is 0 Å². The highest BCUT2D eigenvalue weighted by molar-refractivity contribution is 4.62. The molecular formula is C16H34O2. The Balaban J connectivity index is 3.70. The van der Waals surface area contributed by atoms with Gasteiger partial charge in [0.1, 0.15) is 0 Å². The molecule has 0 spiro atoms. The van der Waals surface area contributed by atoms with Crippen molar-refractivity contribution in [1.82, 2.24) is 0 Å². The van der Waals surface area contributed by atoms with E-state index in [-0.39, 0.29) is 0 Å². The van der Waals surface area contributed by atoms with Gasteiger partial charge >= 0.3 is 0 Å². The summed E-state index contributed by atoms with van der Waals surface area (Å²) in [6.45, 7) is 10.3. The lowest BCUT2D eigenvalue weighted by molar-refractivity contribution is 0.0261. The van der Waals surface area contributed by atoms with Crippen LogP contribution in [0.3, 0.4) is 0 Å². The Morgan fingerprint density at radius 1 is 0.833 bits per heavy atom. The number of hydrogen-bond donors (Lipinski definition) is 1. The van der Waals surface area contributed by atoms with Crippen LogP contribution in [0.5, 0.6) is 0 Å². The molecule has 2 nitrogen and oxygen atoms in total. The van der Waals surface area contributed by atoms with Crippen molar-refractivity contribution >= 4 is 0 Å². The van der Waals surface area contributed by atoms with Gasteiger partial charge in [-0.2, -0.15) is 0 Å². The van der Waals surface area contributed by atoms with Crippen LogP contribution in [0.2, 0.25) is 0 Å². The Morgan fingerprint density at radius 2 is 1.50 bits per heavy atom. The van der Waals surface area contributed by atoms with Gasteiger partial charge in [0.25, 0.3) is 0 Å². The van der Waals surface area contributed by atoms with Gasteiger partial charge in [-0.05, 0) is 37.5 Å². The minimum absolute atomic E-state index is 0.334. The van der Waals surface area contributed by atoms with E-state index >= 15 is 0 Å². The molecule has 1 N–H and O–H groups in total. The van der Waals surface area contributed by atoms with Gasteiger partial charge in [0, 0.05) is 13.2 Å². The zero-order chi connectivity index (χ0) is 13.8. The van der Waals surface area contributed by atoms with Crippen molar-refractivity contribution in [1.29, 1.82) is 0 Å². The van der Waals surface area contributed by atoms with E-state index in [2.05, 4.69) is 27.7 Å². The summed E-state index contributed by atoms with van der Waals surface area (Å²) in [5, 5.41) is 8.74. The van der Waals surface area contributed by atoms with Gasteiger partial charge in [-0.3, -0.25) is 0 Å². The van der Waals surface area contributed by atoms with E-state index < -0.39 is 0 Å². The summed E-state index contributed by atoms with van der Waals surface area (Å²) < 4.78 is 6.02. The Morgan fingerprint density at radius 3 is 2.06 bits per heavy atom. The summed E-state index contributed by atoms with van der Waals surface area (Å²) in [5.41, 5.74) is 0. The maximum atomic E-state index is 8.74. The first kappa shape index (κ1) is 17.9. The second kappa shape index (κ2) is 12.0. The second-order valence-corrected chi connectivity index (χ2v) is 6.23. The predicted octanol–water partition coefficient (Wildman–Crippen LogP) is 4.41. The highest BCUT2D eigenvalue weighted by atomic mass is 16.5. The summed E-state index contributed by atoms with van der Waals surface area (Å²) in [7, 11) is 0. The zero-order valence-corrected chi connectivity index (χ0v) is 13.0. The molecule has 0 amide bonds. The van der Waals surface area contributed by atoms with Gasteiger partial charge in [-0.15, -0.1) is 0 Å². The van der Waals surface area contributed by atoms with Crippen LogP contribution in [0, 0.1) is 11.8 Å². The van der Waals surface area contributed by atoms with E-state index in [0.717, 1.165) is 25.4 Å². The number of hydrogen-bond acceptors (Lipinski definition) is 2. The van der Waals surface area contributed by atoms with Crippen LogP contribution < -0.4 is 0 Å². The minimum atomic E-state index is 0.334. The van der Waals surface area contributed by atoms with Crippen LogP contribution in [-0.2, 0) is 4.74 Å². The molecule has 110 valence electrons. The fraction of sp³-hybridized carbons (Fsp3) is 1.00. The first-order chi connectivity index (χ1) is 8.56. The summed E-state index contributed by atoms with van der Waals surface area (Å²) in [6.07, 6.45) is 8.53. The van der Waals surface area contributed by atoms with Crippen LogP contribution in [0.15, 0.2) is 0 Å². The highest BCUT2D eigenvalue weighted by Gasteiger charge is 2.11. The molecule has 0 heterocycles. The van der Waals surface area contributed by atoms with E-state index in [1.165, 1.54) is 32.1 Å². The van der Waals surface area contributed by atoms with Crippen molar-refractivity contribution < 1.29 is 9.84 Å². The van der Waals surface area contributed by atoms with Gasteiger partial charge in [0.15, 0.2) is 0 Å². The Kier molecular flexibility index (Phi) is 11.9. The standard InChI is InChI=1S/C16H34O2/c1-14(2)10-12-18-16(13-15(3)4)9-7-5-6-8-11-17/h14-17H,5-13H2,1-4H3. The van der Waals surface area contributed by atoms with E-state index in [1.54, 1.807) is 0 Å². The van der Waals surface area contributed by atoms with Gasteiger partial charge in [-0.1, -0.05) is 47.0 Å². The Labute approximate surface area is 114 Å². The topological polar surface area (TPSA) is 29.5 Å². The summed E-state index contributed by atoms with van der Waals surface area (Å²) in [5.74, 6) is 1.45. The molecule has 0 aromatic heterocycles. The average Bonchev–Trinajstić information content (AvgIpc) is 2.27. The van der Waals surface area contributed by atoms with Crippen molar-refractivity contribution in [3.63, 3.8) is 0 Å². The van der Waals surface area contributed by atoms with Crippen LogP contribution in [0.4, 0.5) is 0 Å². The lowest BCUT2D eigenvalue weighted by Crippen LogP contribution is -2.17. The molecular weight excluding hydrogens is 224 g/mol. The Hall–Kier alpha value is -0.0800. The molecule has 0 fully saturated rings. The molecule has 2 heteroatoms. The first-order valence-electron chi connectivity index (χ1n) is 7.78. The fourth-order valence-corrected chi connectivity index (χ4v) is 2.10. The second-order valence-electron chi connectivity index (χ2n) is 6.23. The molecule has 18 heavy (non-hydrogen) atoms. The maximum Gasteiger partial charge on any atom is 0.0577 e. The van der Waals surface area contributed by atoms with Crippen LogP contribution in [-0.4, -0.2) is 24.4 Å². The lowest BCUT2D eigenvalue weighted by Gasteiger charge is -2.20. The van der Waals surface area contributed by atoms with Crippen molar-refractivity contribution in [3.8, 4) is 0 Å². The number of aliphatic hydroxyl groups is 1. The van der Waals surface area contributed by atoms with Gasteiger partial charge < -0.3 is 9.84 Å².